The fourth-order valence-electron chi connectivity index (χ4n) is 2.89. The first-order valence-corrected chi connectivity index (χ1v) is 6.28. The second-order valence-corrected chi connectivity index (χ2v) is 5.05. The van der Waals surface area contributed by atoms with Crippen LogP contribution < -0.4 is 11.5 Å². The molecule has 1 aromatic carbocycles. The van der Waals surface area contributed by atoms with Crippen LogP contribution in [0, 0.1) is 11.7 Å². The molecule has 2 aliphatic rings. The summed E-state index contributed by atoms with van der Waals surface area (Å²) in [6.07, 6.45) is -0.427. The van der Waals surface area contributed by atoms with Crippen molar-refractivity contribution in [1.29, 1.82) is 0 Å². The molecule has 1 fully saturated rings. The minimum atomic E-state index is -1.44. The molecule has 1 aromatic rings. The Balaban J connectivity index is 2.18. The van der Waals surface area contributed by atoms with Crippen molar-refractivity contribution in [3.05, 3.63) is 29.6 Å². The van der Waals surface area contributed by atoms with E-state index in [1.54, 1.807) is 0 Å². The maximum atomic E-state index is 14.2. The van der Waals surface area contributed by atoms with E-state index >= 15 is 0 Å². The molecular formula is C13H15F2N3O2. The number of halogens is 2. The van der Waals surface area contributed by atoms with Gasteiger partial charge in [0.25, 0.3) is 6.02 Å². The molecule has 0 saturated carbocycles. The SMILES string of the molecule is NC1=N[C@](CF)(c2cc(N)ccc2F)[C@H]2COC[C@H]2O1. The van der Waals surface area contributed by atoms with E-state index in [4.69, 9.17) is 20.9 Å². The number of nitrogen functional groups attached to an aromatic ring is 1. The molecule has 3 atom stereocenters. The molecule has 0 amide bonds. The first kappa shape index (κ1) is 13.1. The molecule has 7 heteroatoms. The summed E-state index contributed by atoms with van der Waals surface area (Å²) in [4.78, 5) is 4.07. The Morgan fingerprint density at radius 2 is 2.15 bits per heavy atom. The van der Waals surface area contributed by atoms with Crippen LogP contribution in [-0.2, 0) is 15.0 Å². The van der Waals surface area contributed by atoms with Crippen molar-refractivity contribution in [3.8, 4) is 0 Å². The number of rotatable bonds is 2. The molecular weight excluding hydrogens is 268 g/mol. The summed E-state index contributed by atoms with van der Waals surface area (Å²) >= 11 is 0. The number of amidine groups is 1. The minimum Gasteiger partial charge on any atom is -0.459 e. The van der Waals surface area contributed by atoms with Crippen molar-refractivity contribution in [2.75, 3.05) is 25.6 Å². The molecule has 0 radical (unpaired) electrons. The number of nitrogens with two attached hydrogens (primary N) is 2. The first-order valence-electron chi connectivity index (χ1n) is 6.28. The molecule has 0 aliphatic carbocycles. The Bertz CT molecular complexity index is 567. The second-order valence-electron chi connectivity index (χ2n) is 5.05. The number of ether oxygens (including phenoxy) is 2. The highest BCUT2D eigenvalue weighted by molar-refractivity contribution is 5.73. The van der Waals surface area contributed by atoms with Gasteiger partial charge in [0.2, 0.25) is 0 Å². The molecule has 0 aromatic heterocycles. The van der Waals surface area contributed by atoms with Gasteiger partial charge in [-0.1, -0.05) is 0 Å². The third-order valence-corrected chi connectivity index (χ3v) is 3.88. The quantitative estimate of drug-likeness (QED) is 0.791. The monoisotopic (exact) mass is 283 g/mol. The zero-order valence-electron chi connectivity index (χ0n) is 10.7. The Labute approximate surface area is 114 Å². The smallest absolute Gasteiger partial charge is 0.283 e. The van der Waals surface area contributed by atoms with E-state index < -0.39 is 30.1 Å². The van der Waals surface area contributed by atoms with Gasteiger partial charge in [0.05, 0.1) is 19.1 Å². The Kier molecular flexibility index (Phi) is 3.01. The summed E-state index contributed by atoms with van der Waals surface area (Å²) in [6, 6.07) is 3.86. The molecule has 1 saturated heterocycles. The lowest BCUT2D eigenvalue weighted by Gasteiger charge is -2.39. The highest BCUT2D eigenvalue weighted by Crippen LogP contribution is 2.44. The molecule has 2 heterocycles. The summed E-state index contributed by atoms with van der Waals surface area (Å²) in [5.74, 6) is -1.00. The van der Waals surface area contributed by atoms with Gasteiger partial charge in [-0.05, 0) is 18.2 Å². The number of anilines is 1. The number of hydrogen-bond acceptors (Lipinski definition) is 5. The fraction of sp³-hybridized carbons (Fsp3) is 0.462. The van der Waals surface area contributed by atoms with E-state index in [1.807, 2.05) is 0 Å². The van der Waals surface area contributed by atoms with Gasteiger partial charge in [-0.3, -0.25) is 0 Å². The van der Waals surface area contributed by atoms with Gasteiger partial charge < -0.3 is 20.9 Å². The van der Waals surface area contributed by atoms with Gasteiger partial charge in [0.15, 0.2) is 0 Å². The standard InChI is InChI=1S/C13H15F2N3O2/c14-6-13(8-3-7(16)1-2-10(8)15)9-4-19-5-11(9)20-12(17)18-13/h1-3,9,11H,4-6,16H2,(H2,17,18)/t9-,11+,13+/m0/s1. The fourth-order valence-corrected chi connectivity index (χ4v) is 2.89. The van der Waals surface area contributed by atoms with E-state index in [0.29, 0.717) is 5.69 Å². The maximum Gasteiger partial charge on any atom is 0.283 e. The van der Waals surface area contributed by atoms with Gasteiger partial charge in [-0.2, -0.15) is 0 Å². The van der Waals surface area contributed by atoms with Crippen molar-refractivity contribution >= 4 is 11.7 Å². The lowest BCUT2D eigenvalue weighted by molar-refractivity contribution is 0.0615. The van der Waals surface area contributed by atoms with Crippen LogP contribution in [0.4, 0.5) is 14.5 Å². The van der Waals surface area contributed by atoms with Crippen molar-refractivity contribution in [2.24, 2.45) is 16.6 Å². The highest BCUT2D eigenvalue weighted by Gasteiger charge is 2.53. The van der Waals surface area contributed by atoms with Crippen molar-refractivity contribution in [2.45, 2.75) is 11.6 Å². The molecule has 108 valence electrons. The van der Waals surface area contributed by atoms with Crippen LogP contribution in [0.15, 0.2) is 23.2 Å². The average molecular weight is 283 g/mol. The number of aliphatic imine (C=N–C) groups is 1. The van der Waals surface area contributed by atoms with Gasteiger partial charge >= 0.3 is 0 Å². The Morgan fingerprint density at radius 1 is 1.35 bits per heavy atom. The first-order chi connectivity index (χ1) is 9.56. The lowest BCUT2D eigenvalue weighted by atomic mass is 9.76. The van der Waals surface area contributed by atoms with Crippen LogP contribution in [0.25, 0.3) is 0 Å². The van der Waals surface area contributed by atoms with Crippen LogP contribution in [0.1, 0.15) is 5.56 Å². The van der Waals surface area contributed by atoms with Gasteiger partial charge in [-0.15, -0.1) is 0 Å². The van der Waals surface area contributed by atoms with E-state index in [-0.39, 0.29) is 24.8 Å². The average Bonchev–Trinajstić information content (AvgIpc) is 2.89. The van der Waals surface area contributed by atoms with E-state index in [1.165, 1.54) is 18.2 Å². The maximum absolute atomic E-state index is 14.2. The second kappa shape index (κ2) is 4.59. The summed E-state index contributed by atoms with van der Waals surface area (Å²) in [5.41, 5.74) is 10.3. The minimum absolute atomic E-state index is 0.0896. The lowest BCUT2D eigenvalue weighted by Crippen LogP contribution is -2.50. The predicted octanol–water partition coefficient (Wildman–Crippen LogP) is 0.933. The summed E-state index contributed by atoms with van der Waals surface area (Å²) < 4.78 is 38.7. The van der Waals surface area contributed by atoms with E-state index in [9.17, 15) is 8.78 Å². The molecule has 20 heavy (non-hydrogen) atoms. The Hall–Kier alpha value is -1.89. The van der Waals surface area contributed by atoms with Crippen molar-refractivity contribution in [3.63, 3.8) is 0 Å². The predicted molar refractivity (Wildman–Crippen MR) is 69.3 cm³/mol. The zero-order valence-corrected chi connectivity index (χ0v) is 10.7. The number of hydrogen-bond donors (Lipinski definition) is 2. The number of alkyl halides is 1. The summed E-state index contributed by atoms with van der Waals surface area (Å²) in [5, 5.41) is 0. The molecule has 3 rings (SSSR count). The molecule has 0 bridgehead atoms. The van der Waals surface area contributed by atoms with Crippen LogP contribution in [0.2, 0.25) is 0 Å². The summed E-state index contributed by atoms with van der Waals surface area (Å²) in [7, 11) is 0. The van der Waals surface area contributed by atoms with E-state index in [2.05, 4.69) is 4.99 Å². The zero-order chi connectivity index (χ0) is 14.3. The molecule has 4 N–H and O–H groups in total. The van der Waals surface area contributed by atoms with Crippen molar-refractivity contribution in [1.82, 2.24) is 0 Å². The summed E-state index contributed by atoms with van der Waals surface area (Å²) in [6.45, 7) is -0.381. The molecule has 2 aliphatic heterocycles. The number of benzene rings is 1. The van der Waals surface area contributed by atoms with Crippen molar-refractivity contribution < 1.29 is 18.3 Å². The van der Waals surface area contributed by atoms with Gasteiger partial charge in [-0.25, -0.2) is 13.8 Å². The van der Waals surface area contributed by atoms with Crippen LogP contribution in [0.3, 0.4) is 0 Å². The van der Waals surface area contributed by atoms with Gasteiger partial charge in [0, 0.05) is 11.3 Å². The largest absolute Gasteiger partial charge is 0.459 e. The number of fused-ring (bicyclic) bond motifs is 1. The highest BCUT2D eigenvalue weighted by atomic mass is 19.1. The van der Waals surface area contributed by atoms with Gasteiger partial charge in [0.1, 0.15) is 24.1 Å². The van der Waals surface area contributed by atoms with Crippen LogP contribution >= 0.6 is 0 Å². The Morgan fingerprint density at radius 3 is 2.90 bits per heavy atom. The van der Waals surface area contributed by atoms with Crippen LogP contribution in [0.5, 0.6) is 0 Å². The van der Waals surface area contributed by atoms with Crippen LogP contribution in [-0.4, -0.2) is 32.0 Å². The normalized spacial score (nSPS) is 32.4. The third-order valence-electron chi connectivity index (χ3n) is 3.88. The molecule has 5 nitrogen and oxygen atoms in total. The third kappa shape index (κ3) is 1.81. The van der Waals surface area contributed by atoms with E-state index in [0.717, 1.165) is 0 Å². The molecule has 0 unspecified atom stereocenters. The topological polar surface area (TPSA) is 82.9 Å². The molecule has 0 spiro atoms. The number of nitrogens with zero attached hydrogens (tertiary/aromatic N) is 1.